The van der Waals surface area contributed by atoms with E-state index in [4.69, 9.17) is 4.74 Å². The van der Waals surface area contributed by atoms with Crippen molar-refractivity contribution in [3.8, 4) is 0 Å². The molecule has 0 amide bonds. The van der Waals surface area contributed by atoms with E-state index < -0.39 is 16.0 Å². The summed E-state index contributed by atoms with van der Waals surface area (Å²) in [5.41, 5.74) is 2.22. The number of sulfonamides is 1. The van der Waals surface area contributed by atoms with E-state index in [1.165, 1.54) is 6.07 Å². The topological polar surface area (TPSA) is 72.5 Å². The summed E-state index contributed by atoms with van der Waals surface area (Å²) >= 11 is 3.34. The van der Waals surface area contributed by atoms with Gasteiger partial charge < -0.3 is 4.74 Å². The summed E-state index contributed by atoms with van der Waals surface area (Å²) < 4.78 is 33.5. The molecule has 120 valence electrons. The van der Waals surface area contributed by atoms with E-state index in [1.54, 1.807) is 30.3 Å². The molecule has 0 atom stereocenters. The Labute approximate surface area is 142 Å². The van der Waals surface area contributed by atoms with Crippen LogP contribution in [0.2, 0.25) is 0 Å². The first-order valence-electron chi connectivity index (χ1n) is 7.02. The third-order valence-electron chi connectivity index (χ3n) is 3.63. The number of hydrogen-bond acceptors (Lipinski definition) is 4. The number of esters is 1. The Balaban J connectivity index is 1.96. The van der Waals surface area contributed by atoms with Gasteiger partial charge in [-0.25, -0.2) is 13.2 Å². The normalized spacial score (nSPS) is 13.6. The largest absolute Gasteiger partial charge is 0.457 e. The molecule has 0 saturated carbocycles. The van der Waals surface area contributed by atoms with Crippen LogP contribution in [0, 0.1) is 0 Å². The molecular formula is C16H14BrNO4S. The highest BCUT2D eigenvalue weighted by Crippen LogP contribution is 2.27. The maximum atomic E-state index is 12.6. The number of anilines is 1. The Morgan fingerprint density at radius 2 is 2.00 bits per heavy atom. The number of ether oxygens (including phenoxy) is 1. The first kappa shape index (κ1) is 16.0. The second-order valence-electron chi connectivity index (χ2n) is 5.16. The number of benzene rings is 2. The van der Waals surface area contributed by atoms with E-state index in [1.807, 2.05) is 6.92 Å². The van der Waals surface area contributed by atoms with Gasteiger partial charge in [-0.15, -0.1) is 0 Å². The van der Waals surface area contributed by atoms with Gasteiger partial charge in [0, 0.05) is 15.7 Å². The predicted octanol–water partition coefficient (Wildman–Crippen LogP) is 3.48. The van der Waals surface area contributed by atoms with E-state index in [0.29, 0.717) is 23.2 Å². The van der Waals surface area contributed by atoms with Gasteiger partial charge in [0.15, 0.2) is 0 Å². The lowest BCUT2D eigenvalue weighted by Crippen LogP contribution is -2.15. The SMILES string of the molecule is CCc1cc(Br)ccc1S(=O)(=O)Nc1ccc2c(c1)C(=O)OC2. The molecule has 2 aromatic rings. The lowest BCUT2D eigenvalue weighted by atomic mass is 10.1. The van der Waals surface area contributed by atoms with E-state index in [9.17, 15) is 13.2 Å². The molecule has 2 aromatic carbocycles. The molecule has 5 nitrogen and oxygen atoms in total. The van der Waals surface area contributed by atoms with Crippen LogP contribution in [-0.2, 0) is 27.8 Å². The summed E-state index contributed by atoms with van der Waals surface area (Å²) in [5.74, 6) is -0.432. The summed E-state index contributed by atoms with van der Waals surface area (Å²) in [4.78, 5) is 11.8. The monoisotopic (exact) mass is 395 g/mol. The molecule has 0 fully saturated rings. The fraction of sp³-hybridized carbons (Fsp3) is 0.188. The quantitative estimate of drug-likeness (QED) is 0.804. The second kappa shape index (κ2) is 5.98. The van der Waals surface area contributed by atoms with Crippen LogP contribution in [0.4, 0.5) is 5.69 Å². The molecule has 0 spiro atoms. The summed E-state index contributed by atoms with van der Waals surface area (Å²) in [6, 6.07) is 9.87. The van der Waals surface area contributed by atoms with Crippen LogP contribution in [0.25, 0.3) is 0 Å². The van der Waals surface area contributed by atoms with Crippen LogP contribution in [0.1, 0.15) is 28.4 Å². The van der Waals surface area contributed by atoms with E-state index in [0.717, 1.165) is 10.0 Å². The fourth-order valence-electron chi connectivity index (χ4n) is 2.47. The predicted molar refractivity (Wildman–Crippen MR) is 89.9 cm³/mol. The van der Waals surface area contributed by atoms with Crippen molar-refractivity contribution in [1.82, 2.24) is 0 Å². The molecule has 1 aliphatic heterocycles. The Bertz CT molecular complexity index is 893. The van der Waals surface area contributed by atoms with Gasteiger partial charge in [-0.2, -0.15) is 0 Å². The second-order valence-corrected chi connectivity index (χ2v) is 7.73. The van der Waals surface area contributed by atoms with Crippen LogP contribution < -0.4 is 4.72 Å². The van der Waals surface area contributed by atoms with Crippen molar-refractivity contribution in [2.45, 2.75) is 24.8 Å². The fourth-order valence-corrected chi connectivity index (χ4v) is 4.22. The molecule has 0 radical (unpaired) electrons. The van der Waals surface area contributed by atoms with Gasteiger partial charge >= 0.3 is 5.97 Å². The maximum absolute atomic E-state index is 12.6. The smallest absolute Gasteiger partial charge is 0.338 e. The van der Waals surface area contributed by atoms with Crippen LogP contribution in [0.5, 0.6) is 0 Å². The van der Waals surface area contributed by atoms with E-state index in [2.05, 4.69) is 20.7 Å². The maximum Gasteiger partial charge on any atom is 0.338 e. The molecule has 1 aliphatic rings. The minimum Gasteiger partial charge on any atom is -0.457 e. The highest BCUT2D eigenvalue weighted by molar-refractivity contribution is 9.10. The zero-order valence-corrected chi connectivity index (χ0v) is 14.7. The molecule has 0 aliphatic carbocycles. The van der Waals surface area contributed by atoms with Crippen molar-refractivity contribution in [1.29, 1.82) is 0 Å². The zero-order chi connectivity index (χ0) is 16.6. The summed E-state index contributed by atoms with van der Waals surface area (Å²) in [5, 5.41) is 0. The minimum absolute atomic E-state index is 0.228. The molecule has 1 N–H and O–H groups in total. The van der Waals surface area contributed by atoms with Crippen molar-refractivity contribution >= 4 is 37.6 Å². The van der Waals surface area contributed by atoms with Gasteiger partial charge in [0.05, 0.1) is 10.5 Å². The molecule has 23 heavy (non-hydrogen) atoms. The molecule has 1 heterocycles. The van der Waals surface area contributed by atoms with Gasteiger partial charge in [-0.1, -0.05) is 28.9 Å². The van der Waals surface area contributed by atoms with Crippen molar-refractivity contribution in [2.24, 2.45) is 0 Å². The Kier molecular flexibility index (Phi) is 4.16. The summed E-state index contributed by atoms with van der Waals surface area (Å²) in [7, 11) is -3.73. The van der Waals surface area contributed by atoms with Crippen LogP contribution >= 0.6 is 15.9 Å². The first-order chi connectivity index (χ1) is 10.9. The van der Waals surface area contributed by atoms with E-state index >= 15 is 0 Å². The minimum atomic E-state index is -3.73. The Hall–Kier alpha value is -1.86. The van der Waals surface area contributed by atoms with Gasteiger partial charge in [0.1, 0.15) is 6.61 Å². The van der Waals surface area contributed by atoms with Crippen molar-refractivity contribution in [2.75, 3.05) is 4.72 Å². The number of carbonyl (C=O) groups is 1. The lowest BCUT2D eigenvalue weighted by molar-refractivity contribution is 0.0535. The van der Waals surface area contributed by atoms with Crippen molar-refractivity contribution in [3.63, 3.8) is 0 Å². The van der Waals surface area contributed by atoms with Crippen LogP contribution in [0.3, 0.4) is 0 Å². The number of halogens is 1. The third-order valence-corrected chi connectivity index (χ3v) is 5.61. The summed E-state index contributed by atoms with van der Waals surface area (Å²) in [6.45, 7) is 2.13. The molecular weight excluding hydrogens is 382 g/mol. The Morgan fingerprint density at radius 3 is 2.74 bits per heavy atom. The average Bonchev–Trinajstić information content (AvgIpc) is 2.87. The van der Waals surface area contributed by atoms with Gasteiger partial charge in [0.25, 0.3) is 10.0 Å². The molecule has 0 saturated heterocycles. The van der Waals surface area contributed by atoms with Gasteiger partial charge in [-0.3, -0.25) is 4.72 Å². The lowest BCUT2D eigenvalue weighted by Gasteiger charge is -2.12. The summed E-state index contributed by atoms with van der Waals surface area (Å²) in [6.07, 6.45) is 0.589. The Morgan fingerprint density at radius 1 is 1.22 bits per heavy atom. The number of carbonyl (C=O) groups excluding carboxylic acids is 1. The van der Waals surface area contributed by atoms with Crippen molar-refractivity contribution < 1.29 is 17.9 Å². The van der Waals surface area contributed by atoms with Crippen molar-refractivity contribution in [3.05, 3.63) is 57.6 Å². The average molecular weight is 396 g/mol. The molecule has 0 bridgehead atoms. The van der Waals surface area contributed by atoms with Crippen LogP contribution in [0.15, 0.2) is 45.8 Å². The molecule has 0 unspecified atom stereocenters. The molecule has 3 rings (SSSR count). The van der Waals surface area contributed by atoms with Gasteiger partial charge in [-0.05, 0) is 42.3 Å². The zero-order valence-electron chi connectivity index (χ0n) is 12.3. The highest BCUT2D eigenvalue weighted by Gasteiger charge is 2.23. The number of nitrogens with one attached hydrogen (secondary N) is 1. The highest BCUT2D eigenvalue weighted by atomic mass is 79.9. The van der Waals surface area contributed by atoms with Crippen LogP contribution in [-0.4, -0.2) is 14.4 Å². The number of aryl methyl sites for hydroxylation is 1. The number of rotatable bonds is 4. The van der Waals surface area contributed by atoms with E-state index in [-0.39, 0.29) is 11.5 Å². The third kappa shape index (κ3) is 3.11. The molecule has 0 aromatic heterocycles. The number of cyclic esters (lactones) is 1. The first-order valence-corrected chi connectivity index (χ1v) is 9.29. The molecule has 7 heteroatoms. The standard InChI is InChI=1S/C16H14BrNO4S/c1-2-10-7-12(17)4-6-15(10)23(20,21)18-13-5-3-11-9-22-16(19)14(11)8-13/h3-8,18H,2,9H2,1H3. The number of hydrogen-bond donors (Lipinski definition) is 1. The van der Waals surface area contributed by atoms with Gasteiger partial charge in [0.2, 0.25) is 0 Å². The number of fused-ring (bicyclic) bond motifs is 1.